The number of carbonyl (C=O) groups is 1. The summed E-state index contributed by atoms with van der Waals surface area (Å²) in [5, 5.41) is 0. The second-order valence-corrected chi connectivity index (χ2v) is 3.87. The van der Waals surface area contributed by atoms with E-state index in [9.17, 15) is 4.79 Å². The van der Waals surface area contributed by atoms with Crippen LogP contribution in [-0.2, 0) is 0 Å². The van der Waals surface area contributed by atoms with E-state index >= 15 is 0 Å². The topological polar surface area (TPSA) is 48.6 Å². The number of carbonyl (C=O) groups excluding carboxylic acids is 1. The molecule has 0 unspecified atom stereocenters. The smallest absolute Gasteiger partial charge is 0.194 e. The molecule has 1 aliphatic rings. The molecule has 0 atom stereocenters. The van der Waals surface area contributed by atoms with Crippen LogP contribution in [0.5, 0.6) is 0 Å². The van der Waals surface area contributed by atoms with E-state index in [1.165, 1.54) is 0 Å². The zero-order chi connectivity index (χ0) is 10.4. The van der Waals surface area contributed by atoms with Gasteiger partial charge < -0.3 is 5.48 Å². The Morgan fingerprint density at radius 1 is 0.812 bits per heavy atom. The molecule has 16 heavy (non-hydrogen) atoms. The fraction of sp³-hybridized carbons (Fsp3) is 0.0714. The van der Waals surface area contributed by atoms with Crippen LogP contribution in [0.25, 0.3) is 11.1 Å². The molecule has 0 bridgehead atoms. The Morgan fingerprint density at radius 3 is 2.19 bits per heavy atom. The first-order chi connectivity index (χ1) is 7.29. The summed E-state index contributed by atoms with van der Waals surface area (Å²) in [5.74, 6) is 0.165. The van der Waals surface area contributed by atoms with Gasteiger partial charge in [-0.05, 0) is 23.6 Å². The highest BCUT2D eigenvalue weighted by molar-refractivity contribution is 6.22. The lowest BCUT2D eigenvalue weighted by atomic mass is 10.0. The van der Waals surface area contributed by atoms with E-state index < -0.39 is 0 Å². The molecule has 1 aliphatic carbocycles. The Bertz CT molecular complexity index is 571. The predicted octanol–water partition coefficient (Wildman–Crippen LogP) is 2.38. The van der Waals surface area contributed by atoms with Crippen LogP contribution >= 0.6 is 0 Å². The molecule has 0 spiro atoms. The predicted molar refractivity (Wildman–Crippen MR) is 63.7 cm³/mol. The summed E-state index contributed by atoms with van der Waals surface area (Å²) >= 11 is 0. The van der Waals surface area contributed by atoms with Gasteiger partial charge >= 0.3 is 0 Å². The quantitative estimate of drug-likeness (QED) is 0.564. The van der Waals surface area contributed by atoms with Crippen LogP contribution in [0.4, 0.5) is 0 Å². The first kappa shape index (κ1) is 10.6. The molecule has 2 aromatic carbocycles. The highest BCUT2D eigenvalue weighted by atomic mass is 16.1. The Kier molecular flexibility index (Phi) is 2.37. The zero-order valence-electron chi connectivity index (χ0n) is 8.95. The van der Waals surface area contributed by atoms with Crippen molar-refractivity contribution < 1.29 is 10.3 Å². The van der Waals surface area contributed by atoms with Crippen molar-refractivity contribution in [3.63, 3.8) is 0 Å². The SMILES string of the molecule is Cc1cccc2c1C(=O)c1ccccc1-2.O. The van der Waals surface area contributed by atoms with Crippen LogP contribution < -0.4 is 0 Å². The van der Waals surface area contributed by atoms with Crippen molar-refractivity contribution in [3.8, 4) is 11.1 Å². The van der Waals surface area contributed by atoms with Crippen molar-refractivity contribution in [1.82, 2.24) is 0 Å². The lowest BCUT2D eigenvalue weighted by molar-refractivity contribution is 0.104. The summed E-state index contributed by atoms with van der Waals surface area (Å²) in [6, 6.07) is 13.8. The molecule has 0 saturated carbocycles. The average molecular weight is 212 g/mol. The zero-order valence-corrected chi connectivity index (χ0v) is 8.95. The van der Waals surface area contributed by atoms with Gasteiger partial charge in [-0.2, -0.15) is 0 Å². The van der Waals surface area contributed by atoms with Gasteiger partial charge in [0.1, 0.15) is 0 Å². The molecule has 3 rings (SSSR count). The Labute approximate surface area is 93.9 Å². The molecule has 0 saturated heterocycles. The van der Waals surface area contributed by atoms with Crippen molar-refractivity contribution in [2.45, 2.75) is 6.92 Å². The highest BCUT2D eigenvalue weighted by Crippen LogP contribution is 2.37. The first-order valence-electron chi connectivity index (χ1n) is 5.03. The largest absolute Gasteiger partial charge is 0.412 e. The van der Waals surface area contributed by atoms with Crippen LogP contribution in [0.3, 0.4) is 0 Å². The summed E-state index contributed by atoms with van der Waals surface area (Å²) in [7, 11) is 0. The fourth-order valence-corrected chi connectivity index (χ4v) is 2.24. The molecular formula is C14H12O2. The summed E-state index contributed by atoms with van der Waals surface area (Å²) in [4.78, 5) is 12.1. The molecular weight excluding hydrogens is 200 g/mol. The van der Waals surface area contributed by atoms with Gasteiger partial charge in [-0.15, -0.1) is 0 Å². The second kappa shape index (κ2) is 3.58. The van der Waals surface area contributed by atoms with Crippen LogP contribution in [0, 0.1) is 6.92 Å². The molecule has 80 valence electrons. The number of ketones is 1. The van der Waals surface area contributed by atoms with E-state index in [0.29, 0.717) is 0 Å². The summed E-state index contributed by atoms with van der Waals surface area (Å²) in [6.45, 7) is 1.99. The molecule has 2 nitrogen and oxygen atoms in total. The minimum Gasteiger partial charge on any atom is -0.412 e. The van der Waals surface area contributed by atoms with Gasteiger partial charge in [0, 0.05) is 11.1 Å². The van der Waals surface area contributed by atoms with Gasteiger partial charge in [-0.3, -0.25) is 4.79 Å². The number of aryl methyl sites for hydroxylation is 1. The molecule has 0 aromatic heterocycles. The van der Waals surface area contributed by atoms with Crippen molar-refractivity contribution in [1.29, 1.82) is 0 Å². The fourth-order valence-electron chi connectivity index (χ4n) is 2.24. The van der Waals surface area contributed by atoms with Crippen LogP contribution in [0.2, 0.25) is 0 Å². The minimum atomic E-state index is 0. The van der Waals surface area contributed by atoms with Crippen molar-refractivity contribution in [2.75, 3.05) is 0 Å². The normalized spacial score (nSPS) is 11.7. The molecule has 0 radical (unpaired) electrons. The summed E-state index contributed by atoms with van der Waals surface area (Å²) in [5.41, 5.74) is 4.92. The second-order valence-electron chi connectivity index (χ2n) is 3.87. The van der Waals surface area contributed by atoms with Crippen LogP contribution in [-0.4, -0.2) is 11.3 Å². The van der Waals surface area contributed by atoms with Crippen molar-refractivity contribution in [2.24, 2.45) is 0 Å². The Balaban J connectivity index is 0.000000963. The molecule has 0 fully saturated rings. The lowest BCUT2D eigenvalue weighted by Crippen LogP contribution is -1.97. The molecule has 0 aliphatic heterocycles. The Hall–Kier alpha value is -1.93. The van der Waals surface area contributed by atoms with Gasteiger partial charge in [0.25, 0.3) is 0 Å². The molecule has 0 heterocycles. The summed E-state index contributed by atoms with van der Waals surface area (Å²) < 4.78 is 0. The van der Waals surface area contributed by atoms with E-state index in [1.54, 1.807) is 0 Å². The van der Waals surface area contributed by atoms with Crippen molar-refractivity contribution in [3.05, 3.63) is 59.2 Å². The van der Waals surface area contributed by atoms with E-state index in [0.717, 1.165) is 27.8 Å². The standard InChI is InChI=1S/C14H10O.H2O/c1-9-5-4-8-11-10-6-2-3-7-12(10)14(15)13(9)11;/h2-8H,1H3;1H2. The number of hydrogen-bond donors (Lipinski definition) is 0. The highest BCUT2D eigenvalue weighted by Gasteiger charge is 2.26. The Morgan fingerprint density at radius 2 is 1.44 bits per heavy atom. The van der Waals surface area contributed by atoms with Gasteiger partial charge in [0.15, 0.2) is 5.78 Å². The third kappa shape index (κ3) is 1.20. The maximum atomic E-state index is 12.1. The lowest BCUT2D eigenvalue weighted by Gasteiger charge is -2.01. The van der Waals surface area contributed by atoms with E-state index in [2.05, 4.69) is 0 Å². The van der Waals surface area contributed by atoms with Gasteiger partial charge in [-0.25, -0.2) is 0 Å². The molecule has 2 aromatic rings. The monoisotopic (exact) mass is 212 g/mol. The van der Waals surface area contributed by atoms with E-state index in [1.807, 2.05) is 49.4 Å². The molecule has 2 N–H and O–H groups in total. The number of fused-ring (bicyclic) bond motifs is 3. The minimum absolute atomic E-state index is 0. The van der Waals surface area contributed by atoms with Crippen molar-refractivity contribution >= 4 is 5.78 Å². The third-order valence-corrected chi connectivity index (χ3v) is 2.96. The van der Waals surface area contributed by atoms with Crippen LogP contribution in [0.1, 0.15) is 21.5 Å². The van der Waals surface area contributed by atoms with E-state index in [-0.39, 0.29) is 11.3 Å². The summed E-state index contributed by atoms with van der Waals surface area (Å²) in [6.07, 6.45) is 0. The molecule has 0 amide bonds. The third-order valence-electron chi connectivity index (χ3n) is 2.96. The van der Waals surface area contributed by atoms with Gasteiger partial charge in [0.2, 0.25) is 0 Å². The number of rotatable bonds is 0. The maximum Gasteiger partial charge on any atom is 0.194 e. The van der Waals surface area contributed by atoms with Gasteiger partial charge in [-0.1, -0.05) is 42.5 Å². The van der Waals surface area contributed by atoms with Gasteiger partial charge in [0.05, 0.1) is 0 Å². The number of hydrogen-bond acceptors (Lipinski definition) is 1. The van der Waals surface area contributed by atoms with Crippen LogP contribution in [0.15, 0.2) is 42.5 Å². The number of benzene rings is 2. The average Bonchev–Trinajstić information content (AvgIpc) is 2.55. The molecule has 2 heteroatoms. The first-order valence-corrected chi connectivity index (χ1v) is 5.03. The maximum absolute atomic E-state index is 12.1. The van der Waals surface area contributed by atoms with E-state index in [4.69, 9.17) is 0 Å².